The lowest BCUT2D eigenvalue weighted by molar-refractivity contribution is -0.0122. The number of benzene rings is 2. The van der Waals surface area contributed by atoms with Crippen molar-refractivity contribution in [3.05, 3.63) is 59.2 Å². The summed E-state index contributed by atoms with van der Waals surface area (Å²) in [5.74, 6) is 1.60. The van der Waals surface area contributed by atoms with Crippen LogP contribution in [0.15, 0.2) is 42.5 Å². The van der Waals surface area contributed by atoms with Gasteiger partial charge in [0, 0.05) is 5.41 Å². The van der Waals surface area contributed by atoms with E-state index in [-0.39, 0.29) is 37.2 Å². The van der Waals surface area contributed by atoms with E-state index in [0.717, 1.165) is 22.4 Å². The van der Waals surface area contributed by atoms with E-state index in [0.29, 0.717) is 5.75 Å². The van der Waals surface area contributed by atoms with Crippen LogP contribution in [-0.2, 0) is 10.2 Å². The monoisotopic (exact) mass is 480 g/mol. The third-order valence-corrected chi connectivity index (χ3v) is 5.50. The normalized spacial score (nSPS) is 13.2. The van der Waals surface area contributed by atoms with Crippen molar-refractivity contribution in [3.8, 4) is 11.5 Å². The van der Waals surface area contributed by atoms with E-state index >= 15 is 0 Å². The summed E-state index contributed by atoms with van der Waals surface area (Å²) in [6.45, 7) is 14.8. The molecule has 2 atom stereocenters. The van der Waals surface area contributed by atoms with Crippen molar-refractivity contribution in [2.24, 2.45) is 0 Å². The van der Waals surface area contributed by atoms with Crippen molar-refractivity contribution in [2.75, 3.05) is 25.7 Å². The van der Waals surface area contributed by atoms with Gasteiger partial charge < -0.3 is 24.4 Å². The lowest BCUT2D eigenvalue weighted by Gasteiger charge is -2.27. The Morgan fingerprint density at radius 3 is 1.97 bits per heavy atom. The zero-order valence-corrected chi connectivity index (χ0v) is 21.9. The average molecular weight is 481 g/mol. The summed E-state index contributed by atoms with van der Waals surface area (Å²) < 4.78 is 16.8. The van der Waals surface area contributed by atoms with Crippen molar-refractivity contribution in [1.29, 1.82) is 0 Å². The fourth-order valence-corrected chi connectivity index (χ4v) is 3.20. The molecular weight excluding hydrogens is 440 g/mol. The number of alkyl halides is 1. The van der Waals surface area contributed by atoms with Crippen LogP contribution >= 0.6 is 11.6 Å². The summed E-state index contributed by atoms with van der Waals surface area (Å²) in [7, 11) is 0. The first-order chi connectivity index (χ1) is 15.6. The molecule has 0 saturated heterocycles. The smallest absolute Gasteiger partial charge is 0.122 e. The van der Waals surface area contributed by atoms with Crippen LogP contribution < -0.4 is 9.47 Å². The first-order valence-corrected chi connectivity index (χ1v) is 12.2. The van der Waals surface area contributed by atoms with E-state index in [9.17, 15) is 10.2 Å². The highest BCUT2D eigenvalue weighted by atomic mass is 35.5. The summed E-state index contributed by atoms with van der Waals surface area (Å²) >= 11 is 5.63. The molecule has 2 N–H and O–H groups in total. The molecule has 33 heavy (non-hydrogen) atoms. The maximum atomic E-state index is 9.94. The second-order valence-corrected chi connectivity index (χ2v) is 8.90. The first-order valence-electron chi connectivity index (χ1n) is 11.6. The van der Waals surface area contributed by atoms with Gasteiger partial charge in [-0.25, -0.2) is 0 Å². The molecule has 0 radical (unpaired) electrons. The van der Waals surface area contributed by atoms with E-state index in [1.165, 1.54) is 0 Å². The highest BCUT2D eigenvalue weighted by Gasteiger charge is 2.24. The molecule has 5 nitrogen and oxygen atoms in total. The number of aliphatic hydroxyl groups excluding tert-OH is 2. The third-order valence-electron chi connectivity index (χ3n) is 5.15. The molecule has 0 aliphatic rings. The fraction of sp³-hybridized carbons (Fsp3) is 0.556. The molecule has 6 heteroatoms. The molecule has 2 aromatic rings. The van der Waals surface area contributed by atoms with Crippen LogP contribution in [0.25, 0.3) is 0 Å². The third kappa shape index (κ3) is 9.54. The Hall–Kier alpha value is -1.79. The van der Waals surface area contributed by atoms with Gasteiger partial charge in [0.25, 0.3) is 0 Å². The Balaban J connectivity index is 0.00000265. The second kappa shape index (κ2) is 14.5. The molecule has 0 fully saturated rings. The minimum atomic E-state index is -0.679. The SMILES string of the molecule is CC.Cc1cc(C(C)(C)c2ccc(OCC(O)COC(C)C)cc2)ccc1OCC(O)CCl. The Bertz CT molecular complexity index is 805. The maximum Gasteiger partial charge on any atom is 0.122 e. The molecule has 2 aromatic carbocycles. The molecule has 0 aliphatic heterocycles. The molecular formula is C27H41ClO5. The van der Waals surface area contributed by atoms with E-state index in [1.54, 1.807) is 0 Å². The van der Waals surface area contributed by atoms with Gasteiger partial charge in [-0.15, -0.1) is 11.6 Å². The molecule has 0 heterocycles. The van der Waals surface area contributed by atoms with Gasteiger partial charge >= 0.3 is 0 Å². The van der Waals surface area contributed by atoms with Gasteiger partial charge in [0.15, 0.2) is 0 Å². The molecule has 186 valence electrons. The topological polar surface area (TPSA) is 68.2 Å². The van der Waals surface area contributed by atoms with Gasteiger partial charge in [0.2, 0.25) is 0 Å². The van der Waals surface area contributed by atoms with Crippen molar-refractivity contribution in [1.82, 2.24) is 0 Å². The van der Waals surface area contributed by atoms with Gasteiger partial charge in [-0.1, -0.05) is 52.0 Å². The maximum absolute atomic E-state index is 9.94. The summed E-state index contributed by atoms with van der Waals surface area (Å²) in [6, 6.07) is 14.0. The summed E-state index contributed by atoms with van der Waals surface area (Å²) in [5.41, 5.74) is 3.09. The molecule has 2 rings (SSSR count). The number of aliphatic hydroxyl groups is 2. The van der Waals surface area contributed by atoms with Crippen LogP contribution in [0.5, 0.6) is 11.5 Å². The predicted octanol–water partition coefficient (Wildman–Crippen LogP) is 5.49. The number of aryl methyl sites for hydroxylation is 1. The summed E-state index contributed by atoms with van der Waals surface area (Å²) in [6.07, 6.45) is -1.26. The quantitative estimate of drug-likeness (QED) is 0.393. The number of hydrogen-bond acceptors (Lipinski definition) is 5. The largest absolute Gasteiger partial charge is 0.491 e. The van der Waals surface area contributed by atoms with Crippen LogP contribution in [0.2, 0.25) is 0 Å². The van der Waals surface area contributed by atoms with Crippen LogP contribution in [0.4, 0.5) is 0 Å². The fourth-order valence-electron chi connectivity index (χ4n) is 3.11. The Morgan fingerprint density at radius 2 is 1.42 bits per heavy atom. The molecule has 0 bridgehead atoms. The zero-order valence-electron chi connectivity index (χ0n) is 21.1. The van der Waals surface area contributed by atoms with Gasteiger partial charge in [-0.05, 0) is 55.7 Å². The number of hydrogen-bond donors (Lipinski definition) is 2. The van der Waals surface area contributed by atoms with Crippen LogP contribution in [-0.4, -0.2) is 54.2 Å². The van der Waals surface area contributed by atoms with Crippen LogP contribution in [0.1, 0.15) is 58.2 Å². The molecule has 0 spiro atoms. The van der Waals surface area contributed by atoms with Gasteiger partial charge in [0.05, 0.1) is 18.6 Å². The molecule has 0 saturated carbocycles. The number of ether oxygens (including phenoxy) is 3. The molecule has 0 aromatic heterocycles. The number of rotatable bonds is 12. The average Bonchev–Trinajstić information content (AvgIpc) is 2.81. The zero-order chi connectivity index (χ0) is 25.0. The highest BCUT2D eigenvalue weighted by Crippen LogP contribution is 2.34. The summed E-state index contributed by atoms with van der Waals surface area (Å²) in [4.78, 5) is 0. The van der Waals surface area contributed by atoms with Crippen LogP contribution in [0.3, 0.4) is 0 Å². The highest BCUT2D eigenvalue weighted by molar-refractivity contribution is 6.18. The van der Waals surface area contributed by atoms with Crippen molar-refractivity contribution in [2.45, 2.75) is 72.2 Å². The Morgan fingerprint density at radius 1 is 0.848 bits per heavy atom. The second-order valence-electron chi connectivity index (χ2n) is 8.60. The molecule has 2 unspecified atom stereocenters. The lowest BCUT2D eigenvalue weighted by atomic mass is 9.77. The number of halogens is 1. The van der Waals surface area contributed by atoms with E-state index < -0.39 is 12.2 Å². The molecule has 0 amide bonds. The van der Waals surface area contributed by atoms with Gasteiger partial charge in [-0.2, -0.15) is 0 Å². The Labute approximate surface area is 204 Å². The van der Waals surface area contributed by atoms with Crippen LogP contribution in [0, 0.1) is 6.92 Å². The lowest BCUT2D eigenvalue weighted by Crippen LogP contribution is -2.25. The minimum Gasteiger partial charge on any atom is -0.491 e. The van der Waals surface area contributed by atoms with Crippen molar-refractivity contribution >= 4 is 11.6 Å². The first kappa shape index (κ1) is 29.2. The predicted molar refractivity (Wildman–Crippen MR) is 136 cm³/mol. The van der Waals surface area contributed by atoms with Crippen molar-refractivity contribution < 1.29 is 24.4 Å². The van der Waals surface area contributed by atoms with Crippen molar-refractivity contribution in [3.63, 3.8) is 0 Å². The van der Waals surface area contributed by atoms with Gasteiger partial charge in [0.1, 0.15) is 36.9 Å². The Kier molecular flexibility index (Phi) is 12.8. The van der Waals surface area contributed by atoms with E-state index in [2.05, 4.69) is 19.9 Å². The van der Waals surface area contributed by atoms with E-state index in [4.69, 9.17) is 25.8 Å². The minimum absolute atomic E-state index is 0.0812. The standard InChI is InChI=1S/C25H35ClO5.C2H6/c1-17(2)29-15-22(28)16-30-23-9-6-19(7-10-23)25(4,5)20-8-11-24(18(3)12-20)31-14-21(27)13-26;1-2/h6-12,17,21-22,27-28H,13-16H2,1-5H3;1-2H3. The summed E-state index contributed by atoms with van der Waals surface area (Å²) in [5, 5.41) is 19.5. The molecule has 0 aliphatic carbocycles. The van der Waals surface area contributed by atoms with Gasteiger partial charge in [-0.3, -0.25) is 0 Å². The van der Waals surface area contributed by atoms with E-state index in [1.807, 2.05) is 71.0 Å².